The number of pyridine rings is 2. The number of methoxy groups -OCH3 is 1. The molecular formula is C36H34Cl2N6O5. The lowest BCUT2D eigenvalue weighted by Crippen LogP contribution is -2.35. The van der Waals surface area contributed by atoms with Gasteiger partial charge in [0.25, 0.3) is 5.56 Å². The van der Waals surface area contributed by atoms with Gasteiger partial charge < -0.3 is 25.8 Å². The number of carbonyl (C=O) groups excluding carboxylic acids is 1. The molecule has 1 atom stereocenters. The SMILES string of the molecule is COc1nc(-c2cccc(-c3cccc(-c4ccn5c(=O)c(CNCCC(=O)O)cnc5c4)c3Cl)c2Cl)ccc1CNC[C@H]1CCC(=O)N1. The fourth-order valence-electron chi connectivity index (χ4n) is 5.86. The normalized spacial score (nSPS) is 14.3. The zero-order valence-electron chi connectivity index (χ0n) is 26.6. The van der Waals surface area contributed by atoms with Crippen LogP contribution in [0.5, 0.6) is 5.88 Å². The van der Waals surface area contributed by atoms with Crippen LogP contribution in [0.1, 0.15) is 30.4 Å². The van der Waals surface area contributed by atoms with Crippen LogP contribution in [-0.4, -0.2) is 57.6 Å². The van der Waals surface area contributed by atoms with Gasteiger partial charge in [0.1, 0.15) is 5.65 Å². The molecule has 0 spiro atoms. The van der Waals surface area contributed by atoms with E-state index in [1.807, 2.05) is 48.5 Å². The van der Waals surface area contributed by atoms with Crippen LogP contribution < -0.4 is 26.2 Å². The third kappa shape index (κ3) is 7.60. The number of fused-ring (bicyclic) bond motifs is 1. The Morgan fingerprint density at radius 1 is 0.980 bits per heavy atom. The first-order valence-corrected chi connectivity index (χ1v) is 16.5. The van der Waals surface area contributed by atoms with Crippen molar-refractivity contribution in [1.82, 2.24) is 30.3 Å². The summed E-state index contributed by atoms with van der Waals surface area (Å²) in [4.78, 5) is 44.6. The predicted octanol–water partition coefficient (Wildman–Crippen LogP) is 5.34. The molecule has 11 nitrogen and oxygen atoms in total. The van der Waals surface area contributed by atoms with E-state index in [1.54, 1.807) is 25.4 Å². The molecule has 0 saturated carbocycles. The van der Waals surface area contributed by atoms with Crippen molar-refractivity contribution in [2.24, 2.45) is 0 Å². The summed E-state index contributed by atoms with van der Waals surface area (Å²) in [6, 6.07) is 19.0. The van der Waals surface area contributed by atoms with E-state index in [9.17, 15) is 14.4 Å². The van der Waals surface area contributed by atoms with E-state index in [2.05, 4.69) is 20.9 Å². The number of hydrogen-bond donors (Lipinski definition) is 4. The fraction of sp³-hybridized carbons (Fsp3) is 0.250. The highest BCUT2D eigenvalue weighted by Crippen LogP contribution is 2.42. The molecule has 1 amide bonds. The van der Waals surface area contributed by atoms with Crippen molar-refractivity contribution in [2.75, 3.05) is 20.2 Å². The summed E-state index contributed by atoms with van der Waals surface area (Å²) in [5.74, 6) is -0.344. The number of aromatic nitrogens is 3. The molecule has 2 aromatic carbocycles. The second kappa shape index (κ2) is 15.2. The van der Waals surface area contributed by atoms with Crippen LogP contribution in [0.3, 0.4) is 0 Å². The smallest absolute Gasteiger partial charge is 0.304 e. The number of benzene rings is 2. The number of rotatable bonds is 13. The highest BCUT2D eigenvalue weighted by atomic mass is 35.5. The molecule has 4 N–H and O–H groups in total. The number of ether oxygens (including phenoxy) is 1. The third-order valence-electron chi connectivity index (χ3n) is 8.41. The van der Waals surface area contributed by atoms with Crippen LogP contribution in [0.15, 0.2) is 77.9 Å². The van der Waals surface area contributed by atoms with Gasteiger partial charge in [-0.05, 0) is 30.2 Å². The molecule has 6 rings (SSSR count). The van der Waals surface area contributed by atoms with Crippen molar-refractivity contribution in [1.29, 1.82) is 0 Å². The molecule has 0 bridgehead atoms. The van der Waals surface area contributed by atoms with Crippen molar-refractivity contribution in [3.05, 3.63) is 105 Å². The van der Waals surface area contributed by atoms with Crippen LogP contribution in [0.2, 0.25) is 10.0 Å². The molecule has 5 aromatic rings. The van der Waals surface area contributed by atoms with E-state index >= 15 is 0 Å². The van der Waals surface area contributed by atoms with E-state index in [0.717, 1.165) is 39.8 Å². The van der Waals surface area contributed by atoms with Gasteiger partial charge in [-0.3, -0.25) is 18.8 Å². The zero-order valence-corrected chi connectivity index (χ0v) is 28.1. The summed E-state index contributed by atoms with van der Waals surface area (Å²) in [7, 11) is 1.58. The van der Waals surface area contributed by atoms with Crippen LogP contribution in [0, 0.1) is 0 Å². The number of carboxylic acids is 1. The number of amides is 1. The highest BCUT2D eigenvalue weighted by Gasteiger charge is 2.21. The molecule has 1 fully saturated rings. The van der Waals surface area contributed by atoms with Gasteiger partial charge in [0.2, 0.25) is 11.8 Å². The first kappa shape index (κ1) is 34.1. The number of hydrogen-bond acceptors (Lipinski definition) is 8. The maximum atomic E-state index is 13.1. The molecule has 0 radical (unpaired) electrons. The second-order valence-electron chi connectivity index (χ2n) is 11.7. The summed E-state index contributed by atoms with van der Waals surface area (Å²) in [5, 5.41) is 19.1. The van der Waals surface area contributed by atoms with Crippen LogP contribution in [0.4, 0.5) is 0 Å². The number of halogens is 2. The Morgan fingerprint density at radius 2 is 1.69 bits per heavy atom. The topological polar surface area (TPSA) is 147 Å². The van der Waals surface area contributed by atoms with E-state index in [0.29, 0.717) is 52.3 Å². The lowest BCUT2D eigenvalue weighted by Gasteiger charge is -2.16. The number of nitrogens with zero attached hydrogens (tertiary/aromatic N) is 3. The summed E-state index contributed by atoms with van der Waals surface area (Å²) in [6.45, 7) is 1.65. The van der Waals surface area contributed by atoms with Crippen molar-refractivity contribution in [3.63, 3.8) is 0 Å². The molecular weight excluding hydrogens is 667 g/mol. The van der Waals surface area contributed by atoms with Crippen LogP contribution in [0.25, 0.3) is 39.2 Å². The minimum Gasteiger partial charge on any atom is -0.481 e. The Balaban J connectivity index is 1.24. The van der Waals surface area contributed by atoms with Crippen molar-refractivity contribution in [2.45, 2.75) is 38.4 Å². The summed E-state index contributed by atoms with van der Waals surface area (Å²) >= 11 is 14.1. The molecule has 0 unspecified atom stereocenters. The first-order chi connectivity index (χ1) is 23.7. The Hall–Kier alpha value is -4.81. The average molecular weight is 702 g/mol. The van der Waals surface area contributed by atoms with Gasteiger partial charge in [-0.25, -0.2) is 9.97 Å². The molecule has 0 aliphatic carbocycles. The minimum absolute atomic E-state index is 0.0392. The largest absolute Gasteiger partial charge is 0.481 e. The zero-order chi connectivity index (χ0) is 34.5. The van der Waals surface area contributed by atoms with Gasteiger partial charge in [0.15, 0.2) is 0 Å². The van der Waals surface area contributed by atoms with Gasteiger partial charge >= 0.3 is 5.97 Å². The maximum absolute atomic E-state index is 13.1. The Morgan fingerprint density at radius 3 is 2.41 bits per heavy atom. The predicted molar refractivity (Wildman–Crippen MR) is 189 cm³/mol. The van der Waals surface area contributed by atoms with Gasteiger partial charge in [0, 0.05) is 84.4 Å². The average Bonchev–Trinajstić information content (AvgIpc) is 3.52. The van der Waals surface area contributed by atoms with Gasteiger partial charge in [0.05, 0.1) is 29.3 Å². The lowest BCUT2D eigenvalue weighted by molar-refractivity contribution is -0.136. The molecule has 252 valence electrons. The molecule has 13 heteroatoms. The number of carbonyl (C=O) groups is 2. The third-order valence-corrected chi connectivity index (χ3v) is 9.22. The van der Waals surface area contributed by atoms with Crippen molar-refractivity contribution in [3.8, 4) is 39.4 Å². The lowest BCUT2D eigenvalue weighted by atomic mass is 9.97. The number of nitrogens with one attached hydrogen (secondary N) is 3. The van der Waals surface area contributed by atoms with E-state index in [4.69, 9.17) is 38.0 Å². The highest BCUT2D eigenvalue weighted by molar-refractivity contribution is 6.39. The second-order valence-corrected chi connectivity index (χ2v) is 12.4. The molecule has 1 aliphatic heterocycles. The molecule has 4 heterocycles. The van der Waals surface area contributed by atoms with Crippen LogP contribution >= 0.6 is 23.2 Å². The maximum Gasteiger partial charge on any atom is 0.304 e. The van der Waals surface area contributed by atoms with E-state index < -0.39 is 5.97 Å². The summed E-state index contributed by atoms with van der Waals surface area (Å²) in [6.07, 6.45) is 4.50. The van der Waals surface area contributed by atoms with Crippen molar-refractivity contribution >= 4 is 40.7 Å². The van der Waals surface area contributed by atoms with E-state index in [1.165, 1.54) is 10.6 Å². The first-order valence-electron chi connectivity index (χ1n) is 15.8. The standard InChI is InChI=1S/C36H34Cl2N6O5/c1-49-35-22(17-40-20-24-9-11-31(45)42-24)8-10-29(43-35)28-7-3-6-27(34(28)38)26-5-2-4-25(33(26)37)21-13-15-44-30(16-21)41-19-23(36(44)48)18-39-14-12-32(46)47/h2-8,10,13,15-16,19,24,39-40H,9,11-12,14,17-18,20H2,1H3,(H,42,45)(H,46,47)/t24-/m1/s1. The molecule has 1 saturated heterocycles. The van der Waals surface area contributed by atoms with Gasteiger partial charge in [-0.1, -0.05) is 65.7 Å². The van der Waals surface area contributed by atoms with Gasteiger partial charge in [-0.15, -0.1) is 0 Å². The molecule has 3 aromatic heterocycles. The number of carboxylic acid groups (broad SMARTS) is 1. The Kier molecular flexibility index (Phi) is 10.5. The Bertz CT molecular complexity index is 2100. The molecule has 1 aliphatic rings. The monoisotopic (exact) mass is 700 g/mol. The van der Waals surface area contributed by atoms with Crippen molar-refractivity contribution < 1.29 is 19.4 Å². The molecule has 49 heavy (non-hydrogen) atoms. The minimum atomic E-state index is -0.910. The summed E-state index contributed by atoms with van der Waals surface area (Å²) in [5.41, 5.74) is 5.85. The van der Waals surface area contributed by atoms with Crippen LogP contribution in [-0.2, 0) is 22.7 Å². The fourth-order valence-corrected chi connectivity index (χ4v) is 6.52. The van der Waals surface area contributed by atoms with E-state index in [-0.39, 0.29) is 37.0 Å². The Labute approximate surface area is 292 Å². The summed E-state index contributed by atoms with van der Waals surface area (Å²) < 4.78 is 7.08. The van der Waals surface area contributed by atoms with Gasteiger partial charge in [-0.2, -0.15) is 0 Å². The quantitative estimate of drug-likeness (QED) is 0.120. The number of aliphatic carboxylic acids is 1.